The van der Waals surface area contributed by atoms with E-state index in [4.69, 9.17) is 0 Å². The molecule has 19 heavy (non-hydrogen) atoms. The van der Waals surface area contributed by atoms with E-state index in [0.29, 0.717) is 6.04 Å². The minimum atomic E-state index is 0.443. The van der Waals surface area contributed by atoms with E-state index in [0.717, 1.165) is 26.2 Å². The first-order chi connectivity index (χ1) is 9.33. The number of hydrogen-bond acceptors (Lipinski definition) is 3. The van der Waals surface area contributed by atoms with Gasteiger partial charge in [-0.2, -0.15) is 5.10 Å². The third-order valence-electron chi connectivity index (χ3n) is 3.74. The standard InChI is InChI=1S/C15H20N4/c1-18-8-7-16-10-15(18)14-9-17-19(12-14)11-13-5-3-2-4-6-13/h2-6,9,12,15-16H,7-8,10-11H2,1H3. The van der Waals surface area contributed by atoms with Crippen molar-refractivity contribution in [1.82, 2.24) is 20.0 Å². The first-order valence-electron chi connectivity index (χ1n) is 6.80. The molecule has 0 spiro atoms. The second kappa shape index (κ2) is 5.55. The summed E-state index contributed by atoms with van der Waals surface area (Å²) in [6, 6.07) is 10.9. The van der Waals surface area contributed by atoms with Gasteiger partial charge in [0.25, 0.3) is 0 Å². The van der Waals surface area contributed by atoms with Gasteiger partial charge in [-0.3, -0.25) is 9.58 Å². The molecule has 0 amide bonds. The molecule has 2 heterocycles. The Morgan fingerprint density at radius 2 is 2.16 bits per heavy atom. The number of nitrogens with one attached hydrogen (secondary N) is 1. The van der Waals surface area contributed by atoms with Crippen LogP contribution in [0.4, 0.5) is 0 Å². The van der Waals surface area contributed by atoms with Gasteiger partial charge in [0.2, 0.25) is 0 Å². The van der Waals surface area contributed by atoms with Crippen LogP contribution in [0.15, 0.2) is 42.7 Å². The maximum atomic E-state index is 4.48. The van der Waals surface area contributed by atoms with E-state index < -0.39 is 0 Å². The predicted molar refractivity (Wildman–Crippen MR) is 76.0 cm³/mol. The molecule has 4 heteroatoms. The molecule has 0 saturated carbocycles. The highest BCUT2D eigenvalue weighted by atomic mass is 15.3. The second-order valence-electron chi connectivity index (χ2n) is 5.16. The quantitative estimate of drug-likeness (QED) is 0.903. The molecule has 0 radical (unpaired) electrons. The third-order valence-corrected chi connectivity index (χ3v) is 3.74. The van der Waals surface area contributed by atoms with Crippen molar-refractivity contribution in [3.63, 3.8) is 0 Å². The lowest BCUT2D eigenvalue weighted by atomic mass is 10.1. The zero-order valence-electron chi connectivity index (χ0n) is 11.3. The van der Waals surface area contributed by atoms with Crippen LogP contribution < -0.4 is 5.32 Å². The molecular weight excluding hydrogens is 236 g/mol. The number of benzene rings is 1. The van der Waals surface area contributed by atoms with Gasteiger partial charge >= 0.3 is 0 Å². The lowest BCUT2D eigenvalue weighted by Crippen LogP contribution is -2.43. The molecule has 4 nitrogen and oxygen atoms in total. The minimum Gasteiger partial charge on any atom is -0.314 e. The Bertz CT molecular complexity index is 520. The summed E-state index contributed by atoms with van der Waals surface area (Å²) < 4.78 is 2.02. The van der Waals surface area contributed by atoms with Crippen LogP contribution in [0.1, 0.15) is 17.2 Å². The topological polar surface area (TPSA) is 33.1 Å². The van der Waals surface area contributed by atoms with Crippen molar-refractivity contribution >= 4 is 0 Å². The fourth-order valence-electron chi connectivity index (χ4n) is 2.59. The fraction of sp³-hybridized carbons (Fsp3) is 0.400. The number of hydrogen-bond donors (Lipinski definition) is 1. The normalized spacial score (nSPS) is 20.6. The molecule has 1 unspecified atom stereocenters. The van der Waals surface area contributed by atoms with Gasteiger partial charge in [-0.15, -0.1) is 0 Å². The monoisotopic (exact) mass is 256 g/mol. The van der Waals surface area contributed by atoms with E-state index in [1.165, 1.54) is 11.1 Å². The summed E-state index contributed by atoms with van der Waals surface area (Å²) in [6.07, 6.45) is 4.16. The molecule has 0 bridgehead atoms. The fourth-order valence-corrected chi connectivity index (χ4v) is 2.59. The lowest BCUT2D eigenvalue weighted by molar-refractivity contribution is 0.202. The van der Waals surface area contributed by atoms with Gasteiger partial charge in [0.05, 0.1) is 18.8 Å². The predicted octanol–water partition coefficient (Wildman–Crippen LogP) is 1.51. The zero-order valence-corrected chi connectivity index (χ0v) is 11.3. The van der Waals surface area contributed by atoms with E-state index in [-0.39, 0.29) is 0 Å². The van der Waals surface area contributed by atoms with Crippen LogP contribution in [0.25, 0.3) is 0 Å². The SMILES string of the molecule is CN1CCNCC1c1cnn(Cc2ccccc2)c1. The molecule has 100 valence electrons. The van der Waals surface area contributed by atoms with Gasteiger partial charge in [-0.1, -0.05) is 30.3 Å². The molecule has 3 rings (SSSR count). The number of nitrogens with zero attached hydrogens (tertiary/aromatic N) is 3. The Balaban J connectivity index is 1.72. The van der Waals surface area contributed by atoms with E-state index in [9.17, 15) is 0 Å². The number of likely N-dealkylation sites (N-methyl/N-ethyl adjacent to an activating group) is 1. The van der Waals surface area contributed by atoms with Crippen molar-refractivity contribution in [1.29, 1.82) is 0 Å². The maximum absolute atomic E-state index is 4.48. The van der Waals surface area contributed by atoms with Gasteiger partial charge in [0.15, 0.2) is 0 Å². The highest BCUT2D eigenvalue weighted by Gasteiger charge is 2.21. The Hall–Kier alpha value is -1.65. The minimum absolute atomic E-state index is 0.443. The number of piperazine rings is 1. The number of rotatable bonds is 3. The highest BCUT2D eigenvalue weighted by Crippen LogP contribution is 2.20. The highest BCUT2D eigenvalue weighted by molar-refractivity contribution is 5.17. The molecule has 1 saturated heterocycles. The van der Waals surface area contributed by atoms with Crippen LogP contribution in [0.5, 0.6) is 0 Å². The Morgan fingerprint density at radius 3 is 2.95 bits per heavy atom. The summed E-state index contributed by atoms with van der Waals surface area (Å²) >= 11 is 0. The summed E-state index contributed by atoms with van der Waals surface area (Å²) in [5.74, 6) is 0. The molecule has 1 aliphatic heterocycles. The van der Waals surface area contributed by atoms with Crippen LogP contribution in [0, 0.1) is 0 Å². The molecule has 0 aliphatic carbocycles. The van der Waals surface area contributed by atoms with Gasteiger partial charge in [-0.05, 0) is 12.6 Å². The van der Waals surface area contributed by atoms with Crippen molar-refractivity contribution in [2.45, 2.75) is 12.6 Å². The van der Waals surface area contributed by atoms with Crippen molar-refractivity contribution in [3.05, 3.63) is 53.9 Å². The van der Waals surface area contributed by atoms with Gasteiger partial charge in [-0.25, -0.2) is 0 Å². The first-order valence-corrected chi connectivity index (χ1v) is 6.80. The van der Waals surface area contributed by atoms with Gasteiger partial charge in [0, 0.05) is 31.4 Å². The van der Waals surface area contributed by atoms with E-state index in [2.05, 4.69) is 52.8 Å². The zero-order chi connectivity index (χ0) is 13.1. The summed E-state index contributed by atoms with van der Waals surface area (Å²) in [7, 11) is 2.18. The Morgan fingerprint density at radius 1 is 1.32 bits per heavy atom. The number of aromatic nitrogens is 2. The largest absolute Gasteiger partial charge is 0.314 e. The summed E-state index contributed by atoms with van der Waals surface area (Å²) in [4.78, 5) is 2.39. The molecule has 1 aliphatic rings. The van der Waals surface area contributed by atoms with Crippen molar-refractivity contribution in [3.8, 4) is 0 Å². The van der Waals surface area contributed by atoms with Gasteiger partial charge < -0.3 is 5.32 Å². The van der Waals surface area contributed by atoms with Crippen LogP contribution in [0.2, 0.25) is 0 Å². The molecule has 1 fully saturated rings. The Labute approximate surface area is 114 Å². The van der Waals surface area contributed by atoms with Crippen molar-refractivity contribution < 1.29 is 0 Å². The molecule has 1 aromatic carbocycles. The maximum Gasteiger partial charge on any atom is 0.0659 e. The van der Waals surface area contributed by atoms with Gasteiger partial charge in [0.1, 0.15) is 0 Å². The van der Waals surface area contributed by atoms with Crippen LogP contribution in [-0.4, -0.2) is 41.4 Å². The second-order valence-corrected chi connectivity index (χ2v) is 5.16. The van der Waals surface area contributed by atoms with E-state index >= 15 is 0 Å². The molecule has 1 atom stereocenters. The first kappa shape index (κ1) is 12.4. The third kappa shape index (κ3) is 2.85. The van der Waals surface area contributed by atoms with Crippen LogP contribution in [-0.2, 0) is 6.54 Å². The Kier molecular flexibility index (Phi) is 3.62. The summed E-state index contributed by atoms with van der Waals surface area (Å²) in [5.41, 5.74) is 2.58. The molecule has 1 aromatic heterocycles. The smallest absolute Gasteiger partial charge is 0.0659 e. The van der Waals surface area contributed by atoms with Crippen molar-refractivity contribution in [2.24, 2.45) is 0 Å². The van der Waals surface area contributed by atoms with E-state index in [1.54, 1.807) is 0 Å². The average Bonchev–Trinajstić information content (AvgIpc) is 2.89. The summed E-state index contributed by atoms with van der Waals surface area (Å²) in [5, 5.41) is 7.93. The van der Waals surface area contributed by atoms with Crippen LogP contribution in [0.3, 0.4) is 0 Å². The average molecular weight is 256 g/mol. The van der Waals surface area contributed by atoms with E-state index in [1.807, 2.05) is 16.9 Å². The van der Waals surface area contributed by atoms with Crippen molar-refractivity contribution in [2.75, 3.05) is 26.7 Å². The molecule has 1 N–H and O–H groups in total. The lowest BCUT2D eigenvalue weighted by Gasteiger charge is -2.32. The summed E-state index contributed by atoms with van der Waals surface area (Å²) in [6.45, 7) is 4.01. The molecular formula is C15H20N4. The van der Waals surface area contributed by atoms with Crippen LogP contribution >= 0.6 is 0 Å². The molecule has 2 aromatic rings.